The number of likely N-dealkylation sites (tertiary alicyclic amines) is 1. The number of hydrogen-bond acceptors (Lipinski definition) is 2. The third-order valence-electron chi connectivity index (χ3n) is 4.86. The summed E-state index contributed by atoms with van der Waals surface area (Å²) in [6.07, 6.45) is 1.15. The van der Waals surface area contributed by atoms with Gasteiger partial charge < -0.3 is 15.1 Å². The van der Waals surface area contributed by atoms with Crippen molar-refractivity contribution in [2.45, 2.75) is 33.2 Å². The monoisotopic (exact) mass is 350 g/mol. The topological polar surface area (TPSA) is 53.9 Å². The molecule has 138 valence electrons. The molecule has 1 aliphatic heterocycles. The maximum absolute atomic E-state index is 12.9. The third kappa shape index (κ3) is 5.53. The number of halogens is 1. The summed E-state index contributed by atoms with van der Waals surface area (Å²) >= 11 is 0. The lowest BCUT2D eigenvalue weighted by Gasteiger charge is -2.36. The zero-order valence-corrected chi connectivity index (χ0v) is 15.5. The fourth-order valence-corrected chi connectivity index (χ4v) is 3.47. The maximum Gasteiger partial charge on any atom is 0.280 e. The summed E-state index contributed by atoms with van der Waals surface area (Å²) in [6, 6.07) is 5.37. The molecule has 1 fully saturated rings. The van der Waals surface area contributed by atoms with E-state index in [1.54, 1.807) is 0 Å². The SMILES string of the molecule is C[C@@H]1C[C@H](C)CN(C(=O)[C@@H](C)[NH+](C)CC(=O)Nc2ccc(F)cc2)C1. The summed E-state index contributed by atoms with van der Waals surface area (Å²) in [4.78, 5) is 27.7. The first-order chi connectivity index (χ1) is 11.8. The van der Waals surface area contributed by atoms with E-state index < -0.39 is 0 Å². The highest BCUT2D eigenvalue weighted by molar-refractivity contribution is 5.91. The molecule has 4 atom stereocenters. The number of quaternary nitrogens is 1. The van der Waals surface area contributed by atoms with E-state index in [2.05, 4.69) is 19.2 Å². The number of hydrogen-bond donors (Lipinski definition) is 2. The van der Waals surface area contributed by atoms with Crippen LogP contribution < -0.4 is 10.2 Å². The normalized spacial score (nSPS) is 23.0. The second-order valence-electron chi connectivity index (χ2n) is 7.49. The quantitative estimate of drug-likeness (QED) is 0.838. The van der Waals surface area contributed by atoms with E-state index in [9.17, 15) is 14.0 Å². The summed E-state index contributed by atoms with van der Waals surface area (Å²) in [5.74, 6) is 0.600. The van der Waals surface area contributed by atoms with Gasteiger partial charge in [0.2, 0.25) is 0 Å². The number of anilines is 1. The van der Waals surface area contributed by atoms with E-state index >= 15 is 0 Å². The first-order valence-electron chi connectivity index (χ1n) is 8.92. The Bertz CT molecular complexity index is 595. The van der Waals surface area contributed by atoms with Crippen molar-refractivity contribution < 1.29 is 18.9 Å². The molecule has 1 aromatic rings. The molecule has 0 aliphatic carbocycles. The number of likely N-dealkylation sites (N-methyl/N-ethyl adjacent to an activating group) is 1. The zero-order chi connectivity index (χ0) is 18.6. The molecule has 5 nitrogen and oxygen atoms in total. The molecule has 0 bridgehead atoms. The van der Waals surface area contributed by atoms with Crippen molar-refractivity contribution in [3.05, 3.63) is 30.1 Å². The molecule has 1 unspecified atom stereocenters. The van der Waals surface area contributed by atoms with Crippen LogP contribution in [-0.2, 0) is 9.59 Å². The molecular formula is C19H29FN3O2+. The van der Waals surface area contributed by atoms with E-state index in [4.69, 9.17) is 0 Å². The van der Waals surface area contributed by atoms with Crippen molar-refractivity contribution in [1.29, 1.82) is 0 Å². The Kier molecular flexibility index (Phi) is 6.53. The van der Waals surface area contributed by atoms with Crippen molar-refractivity contribution in [2.24, 2.45) is 11.8 Å². The Morgan fingerprint density at radius 1 is 1.24 bits per heavy atom. The number of carbonyl (C=O) groups excluding carboxylic acids is 2. The van der Waals surface area contributed by atoms with Crippen LogP contribution in [0.5, 0.6) is 0 Å². The van der Waals surface area contributed by atoms with Crippen LogP contribution in [0.4, 0.5) is 10.1 Å². The molecule has 0 aromatic heterocycles. The molecule has 2 N–H and O–H groups in total. The lowest BCUT2D eigenvalue weighted by Crippen LogP contribution is -3.15. The van der Waals surface area contributed by atoms with Gasteiger partial charge in [0, 0.05) is 18.8 Å². The van der Waals surface area contributed by atoms with E-state index in [-0.39, 0.29) is 30.2 Å². The van der Waals surface area contributed by atoms with Crippen LogP contribution in [0.1, 0.15) is 27.2 Å². The zero-order valence-electron chi connectivity index (χ0n) is 15.5. The van der Waals surface area contributed by atoms with Gasteiger partial charge in [0.25, 0.3) is 11.8 Å². The van der Waals surface area contributed by atoms with Gasteiger partial charge in [-0.1, -0.05) is 13.8 Å². The molecule has 2 amide bonds. The van der Waals surface area contributed by atoms with Gasteiger partial charge in [-0.15, -0.1) is 0 Å². The van der Waals surface area contributed by atoms with Crippen LogP contribution in [0.3, 0.4) is 0 Å². The smallest absolute Gasteiger partial charge is 0.280 e. The molecular weight excluding hydrogens is 321 g/mol. The predicted octanol–water partition coefficient (Wildman–Crippen LogP) is 1.17. The minimum atomic E-state index is -0.343. The molecule has 1 saturated heterocycles. The highest BCUT2D eigenvalue weighted by atomic mass is 19.1. The van der Waals surface area contributed by atoms with Crippen molar-refractivity contribution >= 4 is 17.5 Å². The van der Waals surface area contributed by atoms with Crippen LogP contribution in [0.15, 0.2) is 24.3 Å². The average molecular weight is 350 g/mol. The van der Waals surface area contributed by atoms with Crippen LogP contribution in [0.25, 0.3) is 0 Å². The van der Waals surface area contributed by atoms with Gasteiger partial charge in [0.15, 0.2) is 12.6 Å². The third-order valence-corrected chi connectivity index (χ3v) is 4.86. The number of nitrogens with zero attached hydrogens (tertiary/aromatic N) is 1. The van der Waals surface area contributed by atoms with Gasteiger partial charge in [-0.2, -0.15) is 0 Å². The summed E-state index contributed by atoms with van der Waals surface area (Å²) in [5, 5.41) is 2.74. The highest BCUT2D eigenvalue weighted by Crippen LogP contribution is 2.21. The van der Waals surface area contributed by atoms with Crippen LogP contribution in [0, 0.1) is 17.7 Å². The Morgan fingerprint density at radius 3 is 2.36 bits per heavy atom. The molecule has 0 spiro atoms. The lowest BCUT2D eigenvalue weighted by atomic mass is 9.91. The van der Waals surface area contributed by atoms with E-state index in [1.165, 1.54) is 24.3 Å². The fraction of sp³-hybridized carbons (Fsp3) is 0.579. The molecule has 2 rings (SSSR count). The van der Waals surface area contributed by atoms with Gasteiger partial charge in [-0.05, 0) is 49.4 Å². The number of amides is 2. The Hall–Kier alpha value is -1.95. The van der Waals surface area contributed by atoms with Gasteiger partial charge in [-0.3, -0.25) is 9.59 Å². The lowest BCUT2D eigenvalue weighted by molar-refractivity contribution is -0.886. The standard InChI is InChI=1S/C19H28FN3O2/c1-13-9-14(2)11-23(10-13)19(25)15(3)22(4)12-18(24)21-17-7-5-16(20)6-8-17/h5-8,13-15H,9-12H2,1-4H3,(H,21,24)/p+1/t13-,14+,15-/m1/s1. The first-order valence-corrected chi connectivity index (χ1v) is 8.92. The molecule has 1 heterocycles. The van der Waals surface area contributed by atoms with Gasteiger partial charge in [0.05, 0.1) is 7.05 Å². The Labute approximate surface area is 149 Å². The fourth-order valence-electron chi connectivity index (χ4n) is 3.47. The van der Waals surface area contributed by atoms with E-state index in [0.717, 1.165) is 24.4 Å². The summed E-state index contributed by atoms with van der Waals surface area (Å²) < 4.78 is 12.9. The van der Waals surface area contributed by atoms with Gasteiger partial charge in [0.1, 0.15) is 5.82 Å². The second kappa shape index (κ2) is 8.43. The van der Waals surface area contributed by atoms with Crippen molar-refractivity contribution in [2.75, 3.05) is 32.0 Å². The minimum Gasteiger partial charge on any atom is -0.337 e. The van der Waals surface area contributed by atoms with Crippen LogP contribution in [0.2, 0.25) is 0 Å². The van der Waals surface area contributed by atoms with Crippen molar-refractivity contribution in [1.82, 2.24) is 4.90 Å². The molecule has 1 aliphatic rings. The van der Waals surface area contributed by atoms with Crippen molar-refractivity contribution in [3.8, 4) is 0 Å². The predicted molar refractivity (Wildman–Crippen MR) is 95.8 cm³/mol. The first kappa shape index (κ1) is 19.4. The molecule has 25 heavy (non-hydrogen) atoms. The minimum absolute atomic E-state index is 0.102. The second-order valence-corrected chi connectivity index (χ2v) is 7.49. The number of piperidine rings is 1. The van der Waals surface area contributed by atoms with E-state index in [1.807, 2.05) is 18.9 Å². The summed E-state index contributed by atoms with van der Waals surface area (Å²) in [5.41, 5.74) is 0.553. The molecule has 0 saturated carbocycles. The maximum atomic E-state index is 12.9. The van der Waals surface area contributed by atoms with Crippen LogP contribution >= 0.6 is 0 Å². The van der Waals surface area contributed by atoms with Gasteiger partial charge in [-0.25, -0.2) is 4.39 Å². The van der Waals surface area contributed by atoms with Gasteiger partial charge >= 0.3 is 0 Å². The summed E-state index contributed by atoms with van der Waals surface area (Å²) in [6.45, 7) is 7.99. The number of benzene rings is 1. The molecule has 6 heteroatoms. The number of carbonyl (C=O) groups is 2. The molecule has 1 aromatic carbocycles. The average Bonchev–Trinajstić information content (AvgIpc) is 2.54. The largest absolute Gasteiger partial charge is 0.337 e. The number of nitrogens with one attached hydrogen (secondary N) is 2. The highest BCUT2D eigenvalue weighted by Gasteiger charge is 2.32. The number of rotatable bonds is 5. The van der Waals surface area contributed by atoms with Crippen molar-refractivity contribution in [3.63, 3.8) is 0 Å². The Balaban J connectivity index is 1.88. The van der Waals surface area contributed by atoms with E-state index in [0.29, 0.717) is 17.5 Å². The summed E-state index contributed by atoms with van der Waals surface area (Å²) in [7, 11) is 1.85. The van der Waals surface area contributed by atoms with Crippen LogP contribution in [-0.4, -0.2) is 49.4 Å². The Morgan fingerprint density at radius 2 is 1.80 bits per heavy atom. The molecule has 0 radical (unpaired) electrons.